The van der Waals surface area contributed by atoms with E-state index in [0.717, 1.165) is 76.1 Å². The SMILES string of the molecule is CCOCCCNC(=NCc1ccc(OC)cc1)NCC1(SC)CCOCC1. The van der Waals surface area contributed by atoms with Gasteiger partial charge in [-0.25, -0.2) is 4.99 Å². The predicted molar refractivity (Wildman–Crippen MR) is 118 cm³/mol. The van der Waals surface area contributed by atoms with Crippen LogP contribution in [0.1, 0.15) is 31.7 Å². The highest BCUT2D eigenvalue weighted by Gasteiger charge is 2.31. The molecule has 1 aromatic rings. The van der Waals surface area contributed by atoms with Gasteiger partial charge in [-0.3, -0.25) is 0 Å². The first-order chi connectivity index (χ1) is 13.7. The first-order valence-corrected chi connectivity index (χ1v) is 11.3. The van der Waals surface area contributed by atoms with Crippen molar-refractivity contribution in [2.45, 2.75) is 37.5 Å². The molecule has 0 radical (unpaired) electrons. The summed E-state index contributed by atoms with van der Waals surface area (Å²) in [5.74, 6) is 1.72. The van der Waals surface area contributed by atoms with Crippen molar-refractivity contribution < 1.29 is 14.2 Å². The van der Waals surface area contributed by atoms with Crippen molar-refractivity contribution in [1.29, 1.82) is 0 Å². The Labute approximate surface area is 173 Å². The third kappa shape index (κ3) is 7.89. The fourth-order valence-electron chi connectivity index (χ4n) is 3.04. The number of benzene rings is 1. The fourth-order valence-corrected chi connectivity index (χ4v) is 3.83. The molecule has 158 valence electrons. The van der Waals surface area contributed by atoms with Crippen LogP contribution in [0.4, 0.5) is 0 Å². The van der Waals surface area contributed by atoms with E-state index < -0.39 is 0 Å². The Morgan fingerprint density at radius 3 is 2.61 bits per heavy atom. The molecule has 0 amide bonds. The molecule has 0 bridgehead atoms. The molecule has 0 aromatic heterocycles. The maximum Gasteiger partial charge on any atom is 0.191 e. The third-order valence-electron chi connectivity index (χ3n) is 4.96. The minimum absolute atomic E-state index is 0.214. The summed E-state index contributed by atoms with van der Waals surface area (Å²) in [7, 11) is 1.68. The average Bonchev–Trinajstić information content (AvgIpc) is 2.76. The van der Waals surface area contributed by atoms with Crippen LogP contribution in [0, 0.1) is 0 Å². The average molecular weight is 410 g/mol. The lowest BCUT2D eigenvalue weighted by Gasteiger charge is -2.36. The number of guanidine groups is 1. The van der Waals surface area contributed by atoms with Gasteiger partial charge in [-0.2, -0.15) is 11.8 Å². The summed E-state index contributed by atoms with van der Waals surface area (Å²) in [6.07, 6.45) is 5.28. The van der Waals surface area contributed by atoms with Gasteiger partial charge in [0.05, 0.1) is 13.7 Å². The highest BCUT2D eigenvalue weighted by Crippen LogP contribution is 2.32. The lowest BCUT2D eigenvalue weighted by atomic mass is 9.99. The van der Waals surface area contributed by atoms with Gasteiger partial charge in [0.15, 0.2) is 5.96 Å². The van der Waals surface area contributed by atoms with Crippen molar-refractivity contribution in [3.05, 3.63) is 29.8 Å². The molecular formula is C21H35N3O3S. The number of thioether (sulfide) groups is 1. The maximum absolute atomic E-state index is 5.55. The number of nitrogens with one attached hydrogen (secondary N) is 2. The molecule has 1 aliphatic heterocycles. The number of aliphatic imine (C=N–C) groups is 1. The number of rotatable bonds is 11. The topological polar surface area (TPSA) is 64.1 Å². The van der Waals surface area contributed by atoms with E-state index in [1.54, 1.807) is 7.11 Å². The summed E-state index contributed by atoms with van der Waals surface area (Å²) in [6.45, 7) is 7.56. The monoisotopic (exact) mass is 409 g/mol. The summed E-state index contributed by atoms with van der Waals surface area (Å²) in [6, 6.07) is 8.05. The highest BCUT2D eigenvalue weighted by molar-refractivity contribution is 8.00. The molecule has 0 atom stereocenters. The van der Waals surface area contributed by atoms with Crippen molar-refractivity contribution in [3.63, 3.8) is 0 Å². The number of nitrogens with zero attached hydrogens (tertiary/aromatic N) is 1. The van der Waals surface area contributed by atoms with Crippen LogP contribution in [0.15, 0.2) is 29.3 Å². The van der Waals surface area contributed by atoms with Crippen LogP contribution >= 0.6 is 11.8 Å². The minimum atomic E-state index is 0.214. The van der Waals surface area contributed by atoms with E-state index in [4.69, 9.17) is 19.2 Å². The Balaban J connectivity index is 1.94. The van der Waals surface area contributed by atoms with E-state index in [0.29, 0.717) is 6.54 Å². The van der Waals surface area contributed by atoms with Crippen LogP contribution in [0.25, 0.3) is 0 Å². The number of hydrogen-bond donors (Lipinski definition) is 2. The summed E-state index contributed by atoms with van der Waals surface area (Å²) in [5.41, 5.74) is 1.15. The molecule has 2 N–H and O–H groups in total. The van der Waals surface area contributed by atoms with Crippen LogP contribution < -0.4 is 15.4 Å². The van der Waals surface area contributed by atoms with Gasteiger partial charge < -0.3 is 24.8 Å². The molecule has 7 heteroatoms. The lowest BCUT2D eigenvalue weighted by Crippen LogP contribution is -2.48. The van der Waals surface area contributed by atoms with E-state index in [2.05, 4.69) is 29.0 Å². The highest BCUT2D eigenvalue weighted by atomic mass is 32.2. The minimum Gasteiger partial charge on any atom is -0.497 e. The molecule has 28 heavy (non-hydrogen) atoms. The van der Waals surface area contributed by atoms with E-state index >= 15 is 0 Å². The Bertz CT molecular complexity index is 575. The summed E-state index contributed by atoms with van der Waals surface area (Å²) in [4.78, 5) is 4.79. The molecular weight excluding hydrogens is 374 g/mol. The van der Waals surface area contributed by atoms with Gasteiger partial charge in [-0.15, -0.1) is 0 Å². The molecule has 0 unspecified atom stereocenters. The third-order valence-corrected chi connectivity index (χ3v) is 6.37. The smallest absolute Gasteiger partial charge is 0.191 e. The van der Waals surface area contributed by atoms with Crippen LogP contribution in [-0.2, 0) is 16.0 Å². The molecule has 1 saturated heterocycles. The van der Waals surface area contributed by atoms with Gasteiger partial charge >= 0.3 is 0 Å². The summed E-state index contributed by atoms with van der Waals surface area (Å²) in [5, 5.41) is 7.01. The number of ether oxygens (including phenoxy) is 3. The second kappa shape index (κ2) is 12.9. The zero-order valence-electron chi connectivity index (χ0n) is 17.5. The van der Waals surface area contributed by atoms with E-state index in [9.17, 15) is 0 Å². The van der Waals surface area contributed by atoms with Gasteiger partial charge in [0.1, 0.15) is 5.75 Å². The number of hydrogen-bond acceptors (Lipinski definition) is 5. The van der Waals surface area contributed by atoms with Crippen molar-refractivity contribution in [3.8, 4) is 5.75 Å². The quantitative estimate of drug-likeness (QED) is 0.333. The van der Waals surface area contributed by atoms with Gasteiger partial charge in [0.25, 0.3) is 0 Å². The largest absolute Gasteiger partial charge is 0.497 e. The lowest BCUT2D eigenvalue weighted by molar-refractivity contribution is 0.0782. The molecule has 1 aliphatic rings. The van der Waals surface area contributed by atoms with Gasteiger partial charge in [0.2, 0.25) is 0 Å². The normalized spacial score (nSPS) is 16.6. The van der Waals surface area contributed by atoms with Crippen molar-refractivity contribution in [1.82, 2.24) is 10.6 Å². The van der Waals surface area contributed by atoms with Gasteiger partial charge in [-0.05, 0) is 50.1 Å². The van der Waals surface area contributed by atoms with Crippen molar-refractivity contribution >= 4 is 17.7 Å². The second-order valence-corrected chi connectivity index (χ2v) is 8.12. The Kier molecular flexibility index (Phi) is 10.5. The molecule has 0 spiro atoms. The van der Waals surface area contributed by atoms with Crippen molar-refractivity contribution in [2.75, 3.05) is 52.9 Å². The zero-order chi connectivity index (χ0) is 20.1. The molecule has 1 heterocycles. The second-order valence-electron chi connectivity index (χ2n) is 6.84. The first-order valence-electron chi connectivity index (χ1n) is 10.1. The van der Waals surface area contributed by atoms with Crippen LogP contribution in [-0.4, -0.2) is 63.6 Å². The Morgan fingerprint density at radius 1 is 1.21 bits per heavy atom. The molecule has 1 fully saturated rings. The molecule has 2 rings (SSSR count). The standard InChI is InChI=1S/C21H35N3O3S/c1-4-26-13-5-12-22-20(23-16-18-6-8-19(25-2)9-7-18)24-17-21(28-3)10-14-27-15-11-21/h6-9H,4-5,10-17H2,1-3H3,(H2,22,23,24). The fraction of sp³-hybridized carbons (Fsp3) is 0.667. The first kappa shape index (κ1) is 22.8. The summed E-state index contributed by atoms with van der Waals surface area (Å²) >= 11 is 1.93. The Morgan fingerprint density at radius 2 is 1.96 bits per heavy atom. The number of methoxy groups -OCH3 is 1. The predicted octanol–water partition coefficient (Wildman–Crippen LogP) is 3.07. The van der Waals surface area contributed by atoms with Crippen LogP contribution in [0.3, 0.4) is 0 Å². The van der Waals surface area contributed by atoms with E-state index in [1.165, 1.54) is 0 Å². The van der Waals surface area contributed by atoms with Crippen molar-refractivity contribution in [2.24, 2.45) is 4.99 Å². The van der Waals surface area contributed by atoms with Gasteiger partial charge in [-0.1, -0.05) is 12.1 Å². The Hall–Kier alpha value is -1.44. The maximum atomic E-state index is 5.55. The molecule has 1 aromatic carbocycles. The van der Waals surface area contributed by atoms with Gasteiger partial charge in [0, 0.05) is 44.3 Å². The van der Waals surface area contributed by atoms with Crippen LogP contribution in [0.5, 0.6) is 5.75 Å². The zero-order valence-corrected chi connectivity index (χ0v) is 18.3. The molecule has 6 nitrogen and oxygen atoms in total. The van der Waals surface area contributed by atoms with Crippen LogP contribution in [0.2, 0.25) is 0 Å². The summed E-state index contributed by atoms with van der Waals surface area (Å²) < 4.78 is 16.4. The molecule has 0 aliphatic carbocycles. The van der Waals surface area contributed by atoms with E-state index in [-0.39, 0.29) is 4.75 Å². The van der Waals surface area contributed by atoms with E-state index in [1.807, 2.05) is 30.8 Å². The molecule has 0 saturated carbocycles.